The molecule has 36 heavy (non-hydrogen) atoms. The van der Waals surface area contributed by atoms with Gasteiger partial charge < -0.3 is 30.1 Å². The van der Waals surface area contributed by atoms with Gasteiger partial charge in [-0.25, -0.2) is 0 Å². The lowest BCUT2D eigenvalue weighted by Crippen LogP contribution is -2.38. The van der Waals surface area contributed by atoms with Crippen molar-refractivity contribution in [1.29, 1.82) is 0 Å². The molecule has 1 aliphatic heterocycles. The van der Waals surface area contributed by atoms with Crippen molar-refractivity contribution in [2.24, 2.45) is 5.73 Å². The molecule has 0 aromatic heterocycles. The molecule has 0 bridgehead atoms. The fourth-order valence-corrected chi connectivity index (χ4v) is 4.32. The number of carbonyl (C=O) groups is 3. The number of hydrogen-bond acceptors (Lipinski definition) is 7. The highest BCUT2D eigenvalue weighted by Crippen LogP contribution is 2.40. The van der Waals surface area contributed by atoms with Crippen molar-refractivity contribution in [2.45, 2.75) is 26.8 Å². The van der Waals surface area contributed by atoms with E-state index in [1.807, 2.05) is 13.8 Å². The number of methoxy groups -OCH3 is 1. The van der Waals surface area contributed by atoms with Gasteiger partial charge in [0, 0.05) is 18.7 Å². The molecule has 1 heterocycles. The van der Waals surface area contributed by atoms with E-state index in [-0.39, 0.29) is 17.9 Å². The SMILES string of the molecule is CCN(CC)CCN1C(=O)C(=O)/C(=C(/O)c2ccc(OC)cc2C)C1c1ccc(OCC(N)=O)cc1. The van der Waals surface area contributed by atoms with Crippen LogP contribution in [0.1, 0.15) is 36.6 Å². The molecule has 1 aliphatic rings. The van der Waals surface area contributed by atoms with Crippen LogP contribution >= 0.6 is 0 Å². The van der Waals surface area contributed by atoms with Crippen LogP contribution in [-0.4, -0.2) is 72.4 Å². The smallest absolute Gasteiger partial charge is 0.295 e. The van der Waals surface area contributed by atoms with E-state index in [0.717, 1.165) is 13.1 Å². The van der Waals surface area contributed by atoms with Gasteiger partial charge >= 0.3 is 0 Å². The first-order chi connectivity index (χ1) is 17.2. The number of likely N-dealkylation sites (tertiary alicyclic amines) is 1. The average molecular weight is 496 g/mol. The summed E-state index contributed by atoms with van der Waals surface area (Å²) in [6.07, 6.45) is 0. The largest absolute Gasteiger partial charge is 0.507 e. The average Bonchev–Trinajstić information content (AvgIpc) is 3.12. The Morgan fingerprint density at radius 3 is 2.28 bits per heavy atom. The number of ketones is 1. The summed E-state index contributed by atoms with van der Waals surface area (Å²) in [4.78, 5) is 41.1. The normalized spacial score (nSPS) is 17.0. The van der Waals surface area contributed by atoms with Crippen molar-refractivity contribution >= 4 is 23.4 Å². The molecule has 2 aromatic rings. The molecule has 0 saturated carbocycles. The van der Waals surface area contributed by atoms with Crippen molar-refractivity contribution in [3.8, 4) is 11.5 Å². The van der Waals surface area contributed by atoms with E-state index in [4.69, 9.17) is 15.2 Å². The zero-order valence-electron chi connectivity index (χ0n) is 21.1. The summed E-state index contributed by atoms with van der Waals surface area (Å²) in [5.74, 6) is -1.19. The summed E-state index contributed by atoms with van der Waals surface area (Å²) < 4.78 is 10.6. The first kappa shape index (κ1) is 26.7. The molecule has 2 aromatic carbocycles. The van der Waals surface area contributed by atoms with Gasteiger partial charge in [0.1, 0.15) is 17.3 Å². The van der Waals surface area contributed by atoms with Crippen molar-refractivity contribution in [2.75, 3.05) is 39.9 Å². The number of nitrogens with two attached hydrogens (primary N) is 1. The molecule has 1 fully saturated rings. The quantitative estimate of drug-likeness (QED) is 0.279. The van der Waals surface area contributed by atoms with E-state index < -0.39 is 23.6 Å². The molecule has 0 spiro atoms. The van der Waals surface area contributed by atoms with Crippen molar-refractivity contribution < 1.29 is 29.0 Å². The van der Waals surface area contributed by atoms with Crippen molar-refractivity contribution in [1.82, 2.24) is 9.80 Å². The van der Waals surface area contributed by atoms with Gasteiger partial charge in [0.15, 0.2) is 6.61 Å². The first-order valence-electron chi connectivity index (χ1n) is 11.9. The lowest BCUT2D eigenvalue weighted by atomic mass is 9.94. The summed E-state index contributed by atoms with van der Waals surface area (Å²) in [5.41, 5.74) is 6.96. The van der Waals surface area contributed by atoms with E-state index in [1.165, 1.54) is 4.90 Å². The molecule has 3 rings (SSSR count). The third-order valence-electron chi connectivity index (χ3n) is 6.36. The van der Waals surface area contributed by atoms with Crippen molar-refractivity contribution in [3.63, 3.8) is 0 Å². The summed E-state index contributed by atoms with van der Waals surface area (Å²) in [7, 11) is 1.55. The van der Waals surface area contributed by atoms with Crippen LogP contribution in [0.25, 0.3) is 5.76 Å². The maximum Gasteiger partial charge on any atom is 0.295 e. The predicted molar refractivity (Wildman–Crippen MR) is 136 cm³/mol. The molecule has 192 valence electrons. The molecule has 2 amide bonds. The van der Waals surface area contributed by atoms with Crippen molar-refractivity contribution in [3.05, 3.63) is 64.7 Å². The molecule has 0 aliphatic carbocycles. The number of carbonyl (C=O) groups excluding carboxylic acids is 3. The molecular formula is C27H33N3O6. The Morgan fingerprint density at radius 2 is 1.72 bits per heavy atom. The molecule has 3 N–H and O–H groups in total. The minimum absolute atomic E-state index is 0.0265. The van der Waals surface area contributed by atoms with Gasteiger partial charge in [0.25, 0.3) is 17.6 Å². The topological polar surface area (TPSA) is 122 Å². The number of nitrogens with zero attached hydrogens (tertiary/aromatic N) is 2. The number of benzene rings is 2. The molecule has 1 saturated heterocycles. The number of aryl methyl sites for hydroxylation is 1. The van der Waals surface area contributed by atoms with Crippen LogP contribution in [0, 0.1) is 6.92 Å². The molecule has 1 unspecified atom stereocenters. The minimum atomic E-state index is -0.785. The second kappa shape index (κ2) is 11.7. The number of rotatable bonds is 11. The van der Waals surface area contributed by atoms with Crippen LogP contribution in [0.3, 0.4) is 0 Å². The fraction of sp³-hybridized carbons (Fsp3) is 0.370. The highest BCUT2D eigenvalue weighted by atomic mass is 16.5. The fourth-order valence-electron chi connectivity index (χ4n) is 4.32. The van der Waals surface area contributed by atoms with Gasteiger partial charge in [-0.1, -0.05) is 26.0 Å². The van der Waals surface area contributed by atoms with Gasteiger partial charge in [0.05, 0.1) is 18.7 Å². The van der Waals surface area contributed by atoms with Gasteiger partial charge in [-0.05, 0) is 61.5 Å². The van der Waals surface area contributed by atoms with Gasteiger partial charge in [0.2, 0.25) is 0 Å². The van der Waals surface area contributed by atoms with Crippen LogP contribution in [-0.2, 0) is 14.4 Å². The van der Waals surface area contributed by atoms with Gasteiger partial charge in [-0.3, -0.25) is 14.4 Å². The number of Topliss-reactive ketones (excluding diaryl/α,β-unsaturated/α-hetero) is 1. The maximum atomic E-state index is 13.3. The van der Waals surface area contributed by atoms with E-state index in [2.05, 4.69) is 4.90 Å². The molecule has 0 radical (unpaired) electrons. The number of amides is 2. The summed E-state index contributed by atoms with van der Waals surface area (Å²) in [5, 5.41) is 11.3. The second-order valence-corrected chi connectivity index (χ2v) is 8.52. The number of likely N-dealkylation sites (N-methyl/N-ethyl adjacent to an activating group) is 1. The molecular weight excluding hydrogens is 462 g/mol. The van der Waals surface area contributed by atoms with E-state index in [1.54, 1.807) is 56.5 Å². The first-order valence-corrected chi connectivity index (χ1v) is 11.9. The number of aliphatic hydroxyl groups is 1. The summed E-state index contributed by atoms with van der Waals surface area (Å²) in [6.45, 7) is 8.11. The van der Waals surface area contributed by atoms with Crippen LogP contribution in [0.5, 0.6) is 11.5 Å². The number of aliphatic hydroxyl groups excluding tert-OH is 1. The van der Waals surface area contributed by atoms with Gasteiger partial charge in [-0.15, -0.1) is 0 Å². The van der Waals surface area contributed by atoms with E-state index in [9.17, 15) is 19.5 Å². The predicted octanol–water partition coefficient (Wildman–Crippen LogP) is 2.63. The summed E-state index contributed by atoms with van der Waals surface area (Å²) >= 11 is 0. The highest BCUT2D eigenvalue weighted by molar-refractivity contribution is 6.46. The maximum absolute atomic E-state index is 13.3. The van der Waals surface area contributed by atoms with E-state index in [0.29, 0.717) is 41.3 Å². The summed E-state index contributed by atoms with van der Waals surface area (Å²) in [6, 6.07) is 11.0. The Bertz CT molecular complexity index is 1150. The zero-order chi connectivity index (χ0) is 26.4. The Hall–Kier alpha value is -3.85. The molecule has 9 nitrogen and oxygen atoms in total. The second-order valence-electron chi connectivity index (χ2n) is 8.52. The third kappa shape index (κ3) is 5.68. The lowest BCUT2D eigenvalue weighted by molar-refractivity contribution is -0.140. The van der Waals surface area contributed by atoms with E-state index >= 15 is 0 Å². The molecule has 1 atom stereocenters. The van der Waals surface area contributed by atoms with Gasteiger partial charge in [-0.2, -0.15) is 0 Å². The molecule has 9 heteroatoms. The van der Waals surface area contributed by atoms with Crippen LogP contribution in [0.4, 0.5) is 0 Å². The van der Waals surface area contributed by atoms with Crippen LogP contribution in [0.15, 0.2) is 48.0 Å². The number of primary amides is 1. The Morgan fingerprint density at radius 1 is 1.08 bits per heavy atom. The Labute approximate surface area is 211 Å². The number of ether oxygens (including phenoxy) is 2. The third-order valence-corrected chi connectivity index (χ3v) is 6.36. The monoisotopic (exact) mass is 495 g/mol. The highest BCUT2D eigenvalue weighted by Gasteiger charge is 2.46. The zero-order valence-corrected chi connectivity index (χ0v) is 21.1. The number of hydrogen-bond donors (Lipinski definition) is 2. The minimum Gasteiger partial charge on any atom is -0.507 e. The Balaban J connectivity index is 2.08. The van der Waals surface area contributed by atoms with Crippen LogP contribution in [0.2, 0.25) is 0 Å². The standard InChI is InChI=1S/C27H33N3O6/c1-5-29(6-2)13-14-30-24(18-7-9-19(10-8-18)36-16-22(28)31)23(26(33)27(30)34)25(32)21-12-11-20(35-4)15-17(21)3/h7-12,15,24,32H,5-6,13-14,16H2,1-4H3,(H2,28,31)/b25-23+. The lowest BCUT2D eigenvalue weighted by Gasteiger charge is -2.28. The Kier molecular flexibility index (Phi) is 8.71. The van der Waals surface area contributed by atoms with Crippen LogP contribution < -0.4 is 15.2 Å².